The third-order valence-electron chi connectivity index (χ3n) is 2.53. The SMILES string of the molecule is CN1CNC(Cc2ccccc2)C1=O. The Labute approximate surface area is 83.7 Å². The van der Waals surface area contributed by atoms with Crippen LogP contribution in [0.25, 0.3) is 0 Å². The fraction of sp³-hybridized carbons (Fsp3) is 0.364. The largest absolute Gasteiger partial charge is 0.332 e. The van der Waals surface area contributed by atoms with E-state index < -0.39 is 0 Å². The summed E-state index contributed by atoms with van der Waals surface area (Å²) in [7, 11) is 1.82. The Morgan fingerprint density at radius 2 is 2.14 bits per heavy atom. The van der Waals surface area contributed by atoms with Gasteiger partial charge in [-0.25, -0.2) is 0 Å². The average molecular weight is 190 g/mol. The minimum Gasteiger partial charge on any atom is -0.332 e. The maximum Gasteiger partial charge on any atom is 0.240 e. The number of rotatable bonds is 2. The Morgan fingerprint density at radius 1 is 1.43 bits per heavy atom. The molecule has 0 aromatic heterocycles. The van der Waals surface area contributed by atoms with Gasteiger partial charge in [0.05, 0.1) is 12.7 Å². The highest BCUT2D eigenvalue weighted by molar-refractivity contribution is 5.83. The van der Waals surface area contributed by atoms with Crippen LogP contribution in [0.3, 0.4) is 0 Å². The molecular formula is C11H14N2O. The van der Waals surface area contributed by atoms with E-state index in [4.69, 9.17) is 0 Å². The quantitative estimate of drug-likeness (QED) is 0.741. The lowest BCUT2D eigenvalue weighted by Gasteiger charge is -2.08. The van der Waals surface area contributed by atoms with E-state index in [1.165, 1.54) is 5.56 Å². The Kier molecular flexibility index (Phi) is 2.50. The first-order valence-corrected chi connectivity index (χ1v) is 4.79. The third-order valence-corrected chi connectivity index (χ3v) is 2.53. The summed E-state index contributed by atoms with van der Waals surface area (Å²) in [6, 6.07) is 10.0. The normalized spacial score (nSPS) is 21.6. The zero-order valence-electron chi connectivity index (χ0n) is 8.23. The van der Waals surface area contributed by atoms with E-state index in [0.29, 0.717) is 6.67 Å². The molecule has 2 rings (SSSR count). The van der Waals surface area contributed by atoms with Crippen LogP contribution in [-0.4, -0.2) is 30.6 Å². The van der Waals surface area contributed by atoms with Gasteiger partial charge < -0.3 is 4.90 Å². The molecule has 1 aromatic rings. The molecule has 1 atom stereocenters. The van der Waals surface area contributed by atoms with Gasteiger partial charge in [-0.15, -0.1) is 0 Å². The summed E-state index contributed by atoms with van der Waals surface area (Å²) in [5.41, 5.74) is 1.20. The number of likely N-dealkylation sites (N-methyl/N-ethyl adjacent to an activating group) is 1. The van der Waals surface area contributed by atoms with Gasteiger partial charge in [0.2, 0.25) is 5.91 Å². The van der Waals surface area contributed by atoms with Gasteiger partial charge >= 0.3 is 0 Å². The van der Waals surface area contributed by atoms with E-state index in [0.717, 1.165) is 6.42 Å². The number of amides is 1. The number of carbonyl (C=O) groups is 1. The second-order valence-electron chi connectivity index (χ2n) is 3.64. The van der Waals surface area contributed by atoms with Gasteiger partial charge in [0.15, 0.2) is 0 Å². The summed E-state index contributed by atoms with van der Waals surface area (Å²) in [6.07, 6.45) is 0.782. The van der Waals surface area contributed by atoms with Crippen molar-refractivity contribution in [2.75, 3.05) is 13.7 Å². The van der Waals surface area contributed by atoms with Crippen LogP contribution in [0.4, 0.5) is 0 Å². The molecule has 0 spiro atoms. The molecule has 0 radical (unpaired) electrons. The number of nitrogens with zero attached hydrogens (tertiary/aromatic N) is 1. The van der Waals surface area contributed by atoms with Crippen LogP contribution in [0.5, 0.6) is 0 Å². The van der Waals surface area contributed by atoms with Crippen LogP contribution in [0.15, 0.2) is 30.3 Å². The summed E-state index contributed by atoms with van der Waals surface area (Å²) < 4.78 is 0. The number of benzene rings is 1. The van der Waals surface area contributed by atoms with Crippen LogP contribution in [0.2, 0.25) is 0 Å². The van der Waals surface area contributed by atoms with Crippen molar-refractivity contribution < 1.29 is 4.79 Å². The van der Waals surface area contributed by atoms with Crippen LogP contribution in [-0.2, 0) is 11.2 Å². The fourth-order valence-corrected chi connectivity index (χ4v) is 1.69. The van der Waals surface area contributed by atoms with Crippen LogP contribution < -0.4 is 5.32 Å². The monoisotopic (exact) mass is 190 g/mol. The summed E-state index contributed by atoms with van der Waals surface area (Å²) in [4.78, 5) is 13.3. The molecule has 1 fully saturated rings. The maximum absolute atomic E-state index is 11.6. The number of hydrogen-bond acceptors (Lipinski definition) is 2. The lowest BCUT2D eigenvalue weighted by atomic mass is 10.1. The lowest BCUT2D eigenvalue weighted by Crippen LogP contribution is -2.30. The Bertz CT molecular complexity index is 323. The number of hydrogen-bond donors (Lipinski definition) is 1. The van der Waals surface area contributed by atoms with Gasteiger partial charge in [0.1, 0.15) is 0 Å². The van der Waals surface area contributed by atoms with E-state index >= 15 is 0 Å². The molecule has 0 saturated carbocycles. The van der Waals surface area contributed by atoms with Crippen molar-refractivity contribution in [3.63, 3.8) is 0 Å². The minimum atomic E-state index is -0.0394. The molecule has 1 aliphatic heterocycles. The second kappa shape index (κ2) is 3.80. The Hall–Kier alpha value is -1.35. The van der Waals surface area contributed by atoms with Gasteiger partial charge in [-0.2, -0.15) is 0 Å². The third kappa shape index (κ3) is 1.77. The molecule has 1 aliphatic rings. The van der Waals surface area contributed by atoms with Gasteiger partial charge in [-0.3, -0.25) is 10.1 Å². The summed E-state index contributed by atoms with van der Waals surface area (Å²) in [5, 5.41) is 3.18. The predicted octanol–water partition coefficient (Wildman–Crippen LogP) is 0.617. The van der Waals surface area contributed by atoms with E-state index in [-0.39, 0.29) is 11.9 Å². The molecular weight excluding hydrogens is 176 g/mol. The van der Waals surface area contributed by atoms with Crippen molar-refractivity contribution in [2.45, 2.75) is 12.5 Å². The van der Waals surface area contributed by atoms with E-state index in [1.807, 2.05) is 37.4 Å². The molecule has 14 heavy (non-hydrogen) atoms. The van der Waals surface area contributed by atoms with Crippen LogP contribution >= 0.6 is 0 Å². The Morgan fingerprint density at radius 3 is 2.71 bits per heavy atom. The lowest BCUT2D eigenvalue weighted by molar-refractivity contribution is -0.127. The van der Waals surface area contributed by atoms with Crippen molar-refractivity contribution in [1.29, 1.82) is 0 Å². The molecule has 1 heterocycles. The fourth-order valence-electron chi connectivity index (χ4n) is 1.69. The molecule has 3 heteroatoms. The van der Waals surface area contributed by atoms with Crippen LogP contribution in [0, 0.1) is 0 Å². The molecule has 3 nitrogen and oxygen atoms in total. The average Bonchev–Trinajstić information content (AvgIpc) is 2.52. The number of carbonyl (C=O) groups excluding carboxylic acids is 1. The van der Waals surface area contributed by atoms with Crippen molar-refractivity contribution in [3.8, 4) is 0 Å². The van der Waals surface area contributed by atoms with Gasteiger partial charge in [-0.1, -0.05) is 30.3 Å². The first-order chi connectivity index (χ1) is 6.77. The first kappa shape index (κ1) is 9.21. The Balaban J connectivity index is 2.02. The molecule has 1 saturated heterocycles. The highest BCUT2D eigenvalue weighted by atomic mass is 16.2. The molecule has 1 unspecified atom stereocenters. The molecule has 0 bridgehead atoms. The van der Waals surface area contributed by atoms with Crippen molar-refractivity contribution in [3.05, 3.63) is 35.9 Å². The highest BCUT2D eigenvalue weighted by Gasteiger charge is 2.27. The van der Waals surface area contributed by atoms with Crippen LogP contribution in [0.1, 0.15) is 5.56 Å². The standard InChI is InChI=1S/C11H14N2O/c1-13-8-12-10(11(13)14)7-9-5-3-2-4-6-9/h2-6,10,12H,7-8H2,1H3. The maximum atomic E-state index is 11.6. The molecule has 0 aliphatic carbocycles. The first-order valence-electron chi connectivity index (χ1n) is 4.79. The molecule has 1 N–H and O–H groups in total. The molecule has 74 valence electrons. The second-order valence-corrected chi connectivity index (χ2v) is 3.64. The zero-order valence-corrected chi connectivity index (χ0v) is 8.23. The van der Waals surface area contributed by atoms with Gasteiger partial charge in [0, 0.05) is 7.05 Å². The predicted molar refractivity (Wildman–Crippen MR) is 54.7 cm³/mol. The molecule has 1 amide bonds. The summed E-state index contributed by atoms with van der Waals surface area (Å²) in [6.45, 7) is 0.663. The van der Waals surface area contributed by atoms with Gasteiger partial charge in [-0.05, 0) is 12.0 Å². The highest BCUT2D eigenvalue weighted by Crippen LogP contribution is 2.08. The summed E-state index contributed by atoms with van der Waals surface area (Å²) >= 11 is 0. The minimum absolute atomic E-state index is 0.0394. The van der Waals surface area contributed by atoms with Gasteiger partial charge in [0.25, 0.3) is 0 Å². The summed E-state index contributed by atoms with van der Waals surface area (Å²) in [5.74, 6) is 0.189. The number of nitrogens with one attached hydrogen (secondary N) is 1. The van der Waals surface area contributed by atoms with Crippen molar-refractivity contribution in [1.82, 2.24) is 10.2 Å². The molecule has 1 aromatic carbocycles. The topological polar surface area (TPSA) is 32.3 Å². The van der Waals surface area contributed by atoms with Crippen molar-refractivity contribution in [2.24, 2.45) is 0 Å². The smallest absolute Gasteiger partial charge is 0.240 e. The van der Waals surface area contributed by atoms with E-state index in [2.05, 4.69) is 5.32 Å². The zero-order chi connectivity index (χ0) is 9.97. The van der Waals surface area contributed by atoms with E-state index in [1.54, 1.807) is 4.90 Å². The van der Waals surface area contributed by atoms with Crippen molar-refractivity contribution >= 4 is 5.91 Å². The van der Waals surface area contributed by atoms with E-state index in [9.17, 15) is 4.79 Å².